The third-order valence-corrected chi connectivity index (χ3v) is 5.72. The van der Waals surface area contributed by atoms with E-state index in [1.165, 1.54) is 45.2 Å². The number of hydrogen-bond donors (Lipinski definition) is 2. The summed E-state index contributed by atoms with van der Waals surface area (Å²) >= 11 is 1.32. The Morgan fingerprint density at radius 1 is 1.09 bits per heavy atom. The minimum Gasteiger partial charge on any atom is -0.493 e. The van der Waals surface area contributed by atoms with Gasteiger partial charge in [-0.1, -0.05) is 23.9 Å². The van der Waals surface area contributed by atoms with Crippen LogP contribution in [0, 0.1) is 12.7 Å². The number of thioether (sulfide) groups is 1. The zero-order valence-electron chi connectivity index (χ0n) is 18.7. The molecule has 1 aromatic heterocycles. The Balaban J connectivity index is 1.71. The van der Waals surface area contributed by atoms with Gasteiger partial charge in [-0.3, -0.25) is 9.59 Å². The maximum absolute atomic E-state index is 13.0. The average Bonchev–Trinajstić information content (AvgIpc) is 2.80. The number of aromatic nitrogens is 2. The molecule has 0 unspecified atom stereocenters. The van der Waals surface area contributed by atoms with Crippen molar-refractivity contribution in [2.24, 2.45) is 0 Å². The van der Waals surface area contributed by atoms with Gasteiger partial charge in [-0.25, -0.2) is 9.37 Å². The van der Waals surface area contributed by atoms with Crippen LogP contribution < -0.4 is 25.1 Å². The molecule has 174 valence electrons. The van der Waals surface area contributed by atoms with Crippen molar-refractivity contribution >= 4 is 23.4 Å². The lowest BCUT2D eigenvalue weighted by atomic mass is 10.1. The molecular weight excluding hydrogens is 449 g/mol. The quantitative estimate of drug-likeness (QED) is 0.361. The van der Waals surface area contributed by atoms with E-state index in [1.807, 2.05) is 0 Å². The number of methoxy groups -OCH3 is 3. The number of carbonyl (C=O) groups excluding carboxylic acids is 1. The molecule has 33 heavy (non-hydrogen) atoms. The second-order valence-corrected chi connectivity index (χ2v) is 7.95. The lowest BCUT2D eigenvalue weighted by Crippen LogP contribution is -2.23. The minimum atomic E-state index is -0.397. The molecule has 0 aliphatic rings. The van der Waals surface area contributed by atoms with E-state index in [-0.39, 0.29) is 23.4 Å². The zero-order chi connectivity index (χ0) is 24.0. The van der Waals surface area contributed by atoms with Crippen LogP contribution >= 0.6 is 11.8 Å². The highest BCUT2D eigenvalue weighted by Crippen LogP contribution is 2.39. The van der Waals surface area contributed by atoms with Crippen LogP contribution in [0.5, 0.6) is 17.2 Å². The Labute approximate surface area is 194 Å². The second-order valence-electron chi connectivity index (χ2n) is 6.99. The maximum atomic E-state index is 13.0. The SMILES string of the molecule is COc1cc(NC(=O)Cc2c(C)nc(SCc3ccc(F)cc3)[nH]c2=O)cc(OC)c1OC. The number of ether oxygens (including phenoxy) is 3. The van der Waals surface area contributed by atoms with Gasteiger partial charge >= 0.3 is 0 Å². The molecule has 0 bridgehead atoms. The molecule has 3 rings (SSSR count). The van der Waals surface area contributed by atoms with E-state index < -0.39 is 5.91 Å². The zero-order valence-corrected chi connectivity index (χ0v) is 19.5. The lowest BCUT2D eigenvalue weighted by molar-refractivity contribution is -0.115. The second kappa shape index (κ2) is 10.9. The molecule has 2 N–H and O–H groups in total. The van der Waals surface area contributed by atoms with E-state index in [2.05, 4.69) is 15.3 Å². The van der Waals surface area contributed by atoms with E-state index in [9.17, 15) is 14.0 Å². The molecule has 0 fully saturated rings. The van der Waals surface area contributed by atoms with Crippen molar-refractivity contribution in [2.45, 2.75) is 24.3 Å². The number of aromatic amines is 1. The van der Waals surface area contributed by atoms with Crippen molar-refractivity contribution in [1.82, 2.24) is 9.97 Å². The van der Waals surface area contributed by atoms with Crippen LogP contribution in [0.2, 0.25) is 0 Å². The van der Waals surface area contributed by atoms with Gasteiger partial charge < -0.3 is 24.5 Å². The highest BCUT2D eigenvalue weighted by Gasteiger charge is 2.17. The molecule has 1 amide bonds. The number of H-pyrrole nitrogens is 1. The summed E-state index contributed by atoms with van der Waals surface area (Å²) in [5.41, 5.74) is 1.68. The highest BCUT2D eigenvalue weighted by atomic mass is 32.2. The van der Waals surface area contributed by atoms with Crippen LogP contribution in [0.3, 0.4) is 0 Å². The summed E-state index contributed by atoms with van der Waals surface area (Å²) in [7, 11) is 4.45. The first-order valence-corrected chi connectivity index (χ1v) is 10.9. The Morgan fingerprint density at radius 2 is 1.73 bits per heavy atom. The van der Waals surface area contributed by atoms with Crippen LogP contribution in [0.1, 0.15) is 16.8 Å². The topological polar surface area (TPSA) is 103 Å². The van der Waals surface area contributed by atoms with Crippen molar-refractivity contribution in [3.8, 4) is 17.2 Å². The average molecular weight is 474 g/mol. The van der Waals surface area contributed by atoms with Crippen LogP contribution in [-0.2, 0) is 17.0 Å². The normalized spacial score (nSPS) is 10.6. The van der Waals surface area contributed by atoms with Gasteiger partial charge in [0.2, 0.25) is 11.7 Å². The van der Waals surface area contributed by atoms with Gasteiger partial charge in [0.05, 0.1) is 27.8 Å². The Hall–Kier alpha value is -3.53. The third-order valence-electron chi connectivity index (χ3n) is 4.78. The fraction of sp³-hybridized carbons (Fsp3) is 0.261. The number of nitrogens with one attached hydrogen (secondary N) is 2. The van der Waals surface area contributed by atoms with Gasteiger partial charge in [0, 0.05) is 34.8 Å². The van der Waals surface area contributed by atoms with Gasteiger partial charge in [-0.05, 0) is 24.6 Å². The number of anilines is 1. The molecule has 0 atom stereocenters. The summed E-state index contributed by atoms with van der Waals surface area (Å²) < 4.78 is 28.9. The molecule has 0 spiro atoms. The summed E-state index contributed by atoms with van der Waals surface area (Å²) in [4.78, 5) is 32.3. The molecule has 1 heterocycles. The smallest absolute Gasteiger partial charge is 0.255 e. The molecule has 10 heteroatoms. The van der Waals surface area contributed by atoms with Crippen molar-refractivity contribution in [1.29, 1.82) is 0 Å². The number of amides is 1. The van der Waals surface area contributed by atoms with Crippen molar-refractivity contribution in [2.75, 3.05) is 26.6 Å². The first-order chi connectivity index (χ1) is 15.8. The fourth-order valence-electron chi connectivity index (χ4n) is 3.11. The molecule has 0 saturated carbocycles. The summed E-state index contributed by atoms with van der Waals surface area (Å²) in [6.45, 7) is 1.68. The van der Waals surface area contributed by atoms with E-state index >= 15 is 0 Å². The van der Waals surface area contributed by atoms with E-state index in [0.29, 0.717) is 39.5 Å². The van der Waals surface area contributed by atoms with Crippen molar-refractivity contribution < 1.29 is 23.4 Å². The monoisotopic (exact) mass is 473 g/mol. The molecule has 0 saturated heterocycles. The molecule has 0 radical (unpaired) electrons. The molecule has 0 aliphatic heterocycles. The standard InChI is InChI=1S/C23H24FN3O5S/c1-13-17(22(29)27-23(25-13)33-12-14-5-7-15(24)8-6-14)11-20(28)26-16-9-18(30-2)21(32-4)19(10-16)31-3/h5-10H,11-12H2,1-4H3,(H,26,28)(H,25,27,29). The van der Waals surface area contributed by atoms with Crippen LogP contribution in [0.25, 0.3) is 0 Å². The summed E-state index contributed by atoms with van der Waals surface area (Å²) in [5.74, 6) is 1.01. The van der Waals surface area contributed by atoms with Crippen LogP contribution in [-0.4, -0.2) is 37.2 Å². The Bertz CT molecular complexity index is 1170. The number of carbonyl (C=O) groups is 1. The molecule has 8 nitrogen and oxygen atoms in total. The largest absolute Gasteiger partial charge is 0.493 e. The predicted molar refractivity (Wildman–Crippen MR) is 124 cm³/mol. The number of hydrogen-bond acceptors (Lipinski definition) is 7. The number of rotatable bonds is 9. The van der Waals surface area contributed by atoms with Gasteiger partial charge in [-0.2, -0.15) is 0 Å². The predicted octanol–water partition coefficient (Wildman–Crippen LogP) is 3.72. The lowest BCUT2D eigenvalue weighted by Gasteiger charge is -2.14. The number of benzene rings is 2. The van der Waals surface area contributed by atoms with Crippen LogP contribution in [0.15, 0.2) is 46.3 Å². The van der Waals surface area contributed by atoms with Crippen molar-refractivity contribution in [3.63, 3.8) is 0 Å². The summed E-state index contributed by atoms with van der Waals surface area (Å²) in [6.07, 6.45) is -0.159. The van der Waals surface area contributed by atoms with E-state index in [4.69, 9.17) is 14.2 Å². The van der Waals surface area contributed by atoms with Gasteiger partial charge in [0.1, 0.15) is 5.82 Å². The Kier molecular flexibility index (Phi) is 7.94. The first kappa shape index (κ1) is 24.1. The Morgan fingerprint density at radius 3 is 2.27 bits per heavy atom. The number of aryl methyl sites for hydroxylation is 1. The van der Waals surface area contributed by atoms with E-state index in [0.717, 1.165) is 5.56 Å². The fourth-order valence-corrected chi connectivity index (χ4v) is 3.97. The third kappa shape index (κ3) is 6.04. The number of nitrogens with zero attached hydrogens (tertiary/aromatic N) is 1. The summed E-state index contributed by atoms with van der Waals surface area (Å²) in [5, 5.41) is 3.17. The van der Waals surface area contributed by atoms with Crippen LogP contribution in [0.4, 0.5) is 10.1 Å². The number of halogens is 1. The molecule has 2 aromatic carbocycles. The van der Waals surface area contributed by atoms with Gasteiger partial charge in [0.15, 0.2) is 16.7 Å². The molecular formula is C23H24FN3O5S. The molecule has 3 aromatic rings. The maximum Gasteiger partial charge on any atom is 0.255 e. The highest BCUT2D eigenvalue weighted by molar-refractivity contribution is 7.98. The van der Waals surface area contributed by atoms with Gasteiger partial charge in [0.25, 0.3) is 5.56 Å². The first-order valence-electron chi connectivity index (χ1n) is 9.91. The van der Waals surface area contributed by atoms with E-state index in [1.54, 1.807) is 31.2 Å². The molecule has 0 aliphatic carbocycles. The summed E-state index contributed by atoms with van der Waals surface area (Å²) in [6, 6.07) is 9.32. The van der Waals surface area contributed by atoms with Crippen molar-refractivity contribution in [3.05, 3.63) is 69.4 Å². The minimum absolute atomic E-state index is 0.159. The van der Waals surface area contributed by atoms with Gasteiger partial charge in [-0.15, -0.1) is 0 Å².